The van der Waals surface area contributed by atoms with Crippen LogP contribution in [0.15, 0.2) is 65.6 Å². The number of thioether (sulfide) groups is 1. The maximum absolute atomic E-state index is 12.8. The van der Waals surface area contributed by atoms with Gasteiger partial charge < -0.3 is 10.6 Å². The number of hydrogen-bond acceptors (Lipinski definition) is 3. The van der Waals surface area contributed by atoms with Crippen molar-refractivity contribution in [2.75, 3.05) is 10.6 Å². The van der Waals surface area contributed by atoms with Crippen molar-refractivity contribution in [3.05, 3.63) is 86.9 Å². The molecule has 2 amide bonds. The minimum absolute atomic E-state index is 0.111. The Balaban J connectivity index is 1.68. The predicted octanol–water partition coefficient (Wildman–Crippen LogP) is 7.72. The normalized spacial score (nSPS) is 11.7. The van der Waals surface area contributed by atoms with Crippen molar-refractivity contribution in [1.29, 1.82) is 0 Å². The van der Waals surface area contributed by atoms with Crippen molar-refractivity contribution >= 4 is 69.8 Å². The van der Waals surface area contributed by atoms with Crippen molar-refractivity contribution in [3.8, 4) is 0 Å². The molecule has 1 atom stereocenters. The summed E-state index contributed by atoms with van der Waals surface area (Å²) in [6, 6.07) is 17.5. The van der Waals surface area contributed by atoms with Crippen LogP contribution in [-0.4, -0.2) is 17.1 Å². The van der Waals surface area contributed by atoms with E-state index in [0.29, 0.717) is 33.4 Å². The maximum Gasteiger partial charge on any atom is 0.257 e. The zero-order valence-electron chi connectivity index (χ0n) is 17.4. The molecular weight excluding hydrogens is 487 g/mol. The molecule has 4 nitrogen and oxygen atoms in total. The summed E-state index contributed by atoms with van der Waals surface area (Å²) in [5.74, 6) is -0.449. The molecule has 0 heterocycles. The van der Waals surface area contributed by atoms with Gasteiger partial charge in [-0.3, -0.25) is 9.59 Å². The van der Waals surface area contributed by atoms with Gasteiger partial charge in [0.2, 0.25) is 5.91 Å². The van der Waals surface area contributed by atoms with Gasteiger partial charge in [-0.1, -0.05) is 53.9 Å². The van der Waals surface area contributed by atoms with Crippen LogP contribution in [0.5, 0.6) is 0 Å². The van der Waals surface area contributed by atoms with Crippen molar-refractivity contribution in [1.82, 2.24) is 0 Å². The van der Waals surface area contributed by atoms with Gasteiger partial charge >= 0.3 is 0 Å². The Kier molecular flexibility index (Phi) is 8.49. The number of carbonyl (C=O) groups is 2. The van der Waals surface area contributed by atoms with Gasteiger partial charge in [0.1, 0.15) is 0 Å². The Morgan fingerprint density at radius 1 is 0.906 bits per heavy atom. The van der Waals surface area contributed by atoms with Gasteiger partial charge in [-0.15, -0.1) is 11.8 Å². The second-order valence-electron chi connectivity index (χ2n) is 7.07. The van der Waals surface area contributed by atoms with E-state index in [2.05, 4.69) is 10.6 Å². The topological polar surface area (TPSA) is 58.2 Å². The first kappa shape index (κ1) is 24.5. The lowest BCUT2D eigenvalue weighted by molar-refractivity contribution is -0.115. The molecule has 0 fully saturated rings. The van der Waals surface area contributed by atoms with Crippen LogP contribution in [0.1, 0.15) is 29.3 Å². The predicted molar refractivity (Wildman–Crippen MR) is 136 cm³/mol. The third-order valence-electron chi connectivity index (χ3n) is 4.65. The third-order valence-corrected chi connectivity index (χ3v) is 6.96. The Bertz CT molecular complexity index is 1150. The standard InChI is InChI=1S/C24H21Cl3N2O2S/c1-3-22(24(31)29-17-9-7-14(2)20(26)13-17)32-18-6-4-5-16(12-18)28-23(30)19-10-8-15(25)11-21(19)27/h4-13,22H,3H2,1-2H3,(H,28,30)(H,29,31). The van der Waals surface area contributed by atoms with Crippen LogP contribution in [0.2, 0.25) is 15.1 Å². The van der Waals surface area contributed by atoms with Crippen LogP contribution in [0.4, 0.5) is 11.4 Å². The van der Waals surface area contributed by atoms with Crippen LogP contribution < -0.4 is 10.6 Å². The molecule has 166 valence electrons. The van der Waals surface area contributed by atoms with Crippen molar-refractivity contribution in [2.24, 2.45) is 0 Å². The SMILES string of the molecule is CCC(Sc1cccc(NC(=O)c2ccc(Cl)cc2Cl)c1)C(=O)Nc1ccc(C)c(Cl)c1. The van der Waals surface area contributed by atoms with E-state index < -0.39 is 0 Å². The summed E-state index contributed by atoms with van der Waals surface area (Å²) in [4.78, 5) is 26.2. The average molecular weight is 508 g/mol. The quantitative estimate of drug-likeness (QED) is 0.322. The Labute approximate surface area is 206 Å². The third kappa shape index (κ3) is 6.42. The molecule has 0 aliphatic rings. The van der Waals surface area contributed by atoms with E-state index in [1.807, 2.05) is 44.2 Å². The monoisotopic (exact) mass is 506 g/mol. The number of aryl methyl sites for hydroxylation is 1. The highest BCUT2D eigenvalue weighted by molar-refractivity contribution is 8.00. The number of carbonyl (C=O) groups excluding carboxylic acids is 2. The summed E-state index contributed by atoms with van der Waals surface area (Å²) >= 11 is 19.6. The number of rotatable bonds is 7. The number of anilines is 2. The van der Waals surface area contributed by atoms with Crippen molar-refractivity contribution in [3.63, 3.8) is 0 Å². The molecule has 1 unspecified atom stereocenters. The van der Waals surface area contributed by atoms with Crippen LogP contribution in [0, 0.1) is 6.92 Å². The van der Waals surface area contributed by atoms with Gasteiger partial charge in [0.15, 0.2) is 0 Å². The van der Waals surface area contributed by atoms with E-state index >= 15 is 0 Å². The molecule has 0 saturated heterocycles. The fourth-order valence-electron chi connectivity index (χ4n) is 2.90. The Morgan fingerprint density at radius 2 is 1.66 bits per heavy atom. The summed E-state index contributed by atoms with van der Waals surface area (Å²) in [5, 5.41) is 6.79. The average Bonchev–Trinajstić information content (AvgIpc) is 2.74. The number of nitrogens with one attached hydrogen (secondary N) is 2. The zero-order valence-corrected chi connectivity index (χ0v) is 20.5. The lowest BCUT2D eigenvalue weighted by atomic mass is 10.2. The van der Waals surface area contributed by atoms with Gasteiger partial charge in [0, 0.05) is 26.3 Å². The molecule has 8 heteroatoms. The van der Waals surface area contributed by atoms with E-state index in [-0.39, 0.29) is 22.1 Å². The molecule has 0 bridgehead atoms. The molecule has 3 aromatic carbocycles. The molecule has 32 heavy (non-hydrogen) atoms. The van der Waals surface area contributed by atoms with Gasteiger partial charge in [-0.2, -0.15) is 0 Å². The van der Waals surface area contributed by atoms with E-state index in [4.69, 9.17) is 34.8 Å². The minimum Gasteiger partial charge on any atom is -0.325 e. The minimum atomic E-state index is -0.338. The zero-order chi connectivity index (χ0) is 23.3. The molecular formula is C24H21Cl3N2O2S. The highest BCUT2D eigenvalue weighted by atomic mass is 35.5. The fourth-order valence-corrected chi connectivity index (χ4v) is 4.59. The molecule has 0 saturated carbocycles. The van der Waals surface area contributed by atoms with Gasteiger partial charge in [-0.05, 0) is 67.4 Å². The maximum atomic E-state index is 12.8. The molecule has 3 aromatic rings. The molecule has 2 N–H and O–H groups in total. The summed E-state index contributed by atoms with van der Waals surface area (Å²) in [5.41, 5.74) is 2.54. The molecule has 0 spiro atoms. The van der Waals surface area contributed by atoms with E-state index in [1.165, 1.54) is 17.8 Å². The van der Waals surface area contributed by atoms with Crippen LogP contribution in [0.3, 0.4) is 0 Å². The number of amides is 2. The molecule has 0 radical (unpaired) electrons. The number of halogens is 3. The first-order valence-electron chi connectivity index (χ1n) is 9.87. The van der Waals surface area contributed by atoms with Crippen LogP contribution in [0.25, 0.3) is 0 Å². The summed E-state index contributed by atoms with van der Waals surface area (Å²) < 4.78 is 0. The van der Waals surface area contributed by atoms with E-state index in [9.17, 15) is 9.59 Å². The number of hydrogen-bond donors (Lipinski definition) is 2. The van der Waals surface area contributed by atoms with Crippen LogP contribution >= 0.6 is 46.6 Å². The largest absolute Gasteiger partial charge is 0.325 e. The smallest absolute Gasteiger partial charge is 0.257 e. The summed E-state index contributed by atoms with van der Waals surface area (Å²) in [6.07, 6.45) is 0.632. The van der Waals surface area contributed by atoms with E-state index in [0.717, 1.165) is 10.5 Å². The molecule has 0 aromatic heterocycles. The highest BCUT2D eigenvalue weighted by Gasteiger charge is 2.19. The Hall–Kier alpha value is -2.18. The van der Waals surface area contributed by atoms with Gasteiger partial charge in [0.25, 0.3) is 5.91 Å². The first-order valence-corrected chi connectivity index (χ1v) is 11.9. The summed E-state index contributed by atoms with van der Waals surface area (Å²) in [7, 11) is 0. The highest BCUT2D eigenvalue weighted by Crippen LogP contribution is 2.30. The van der Waals surface area contributed by atoms with Crippen molar-refractivity contribution < 1.29 is 9.59 Å². The number of benzene rings is 3. The molecule has 0 aliphatic heterocycles. The first-order chi connectivity index (χ1) is 15.3. The second-order valence-corrected chi connectivity index (χ2v) is 9.60. The summed E-state index contributed by atoms with van der Waals surface area (Å²) in [6.45, 7) is 3.86. The molecule has 0 aliphatic carbocycles. The lowest BCUT2D eigenvalue weighted by Crippen LogP contribution is -2.24. The van der Waals surface area contributed by atoms with Gasteiger partial charge in [0.05, 0.1) is 15.8 Å². The van der Waals surface area contributed by atoms with Crippen molar-refractivity contribution in [2.45, 2.75) is 30.4 Å². The fraction of sp³-hybridized carbons (Fsp3) is 0.167. The Morgan fingerprint density at radius 3 is 2.34 bits per heavy atom. The van der Waals surface area contributed by atoms with E-state index in [1.54, 1.807) is 24.3 Å². The van der Waals surface area contributed by atoms with Crippen LogP contribution in [-0.2, 0) is 4.79 Å². The van der Waals surface area contributed by atoms with Gasteiger partial charge in [-0.25, -0.2) is 0 Å². The second kappa shape index (κ2) is 11.1. The lowest BCUT2D eigenvalue weighted by Gasteiger charge is -2.16. The molecule has 3 rings (SSSR count).